The first-order chi connectivity index (χ1) is 17.4. The molecule has 188 valence electrons. The maximum absolute atomic E-state index is 14.2. The van der Waals surface area contributed by atoms with Crippen molar-refractivity contribution in [2.24, 2.45) is 0 Å². The lowest BCUT2D eigenvalue weighted by molar-refractivity contribution is -0.134. The van der Waals surface area contributed by atoms with E-state index >= 15 is 0 Å². The van der Waals surface area contributed by atoms with Crippen molar-refractivity contribution in [3.05, 3.63) is 65.9 Å². The van der Waals surface area contributed by atoms with Crippen LogP contribution in [0.1, 0.15) is 68.4 Å². The van der Waals surface area contributed by atoms with Crippen molar-refractivity contribution >= 4 is 34.3 Å². The molecule has 1 atom stereocenters. The largest absolute Gasteiger partial charge is 0.351 e. The number of nitrogens with one attached hydrogen (secondary N) is 2. The molecule has 5 rings (SSSR count). The van der Waals surface area contributed by atoms with Crippen molar-refractivity contribution in [2.75, 3.05) is 5.32 Å². The van der Waals surface area contributed by atoms with E-state index in [1.165, 1.54) is 19.8 Å². The van der Waals surface area contributed by atoms with Crippen molar-refractivity contribution in [3.8, 4) is 0 Å². The summed E-state index contributed by atoms with van der Waals surface area (Å²) in [6.45, 7) is 3.92. The zero-order valence-electron chi connectivity index (χ0n) is 21.0. The van der Waals surface area contributed by atoms with Crippen LogP contribution in [-0.2, 0) is 22.7 Å². The maximum Gasteiger partial charge on any atom is 0.273 e. The van der Waals surface area contributed by atoms with E-state index < -0.39 is 5.54 Å². The highest BCUT2D eigenvalue weighted by atomic mass is 16.2. The van der Waals surface area contributed by atoms with Gasteiger partial charge in [0.05, 0.1) is 17.7 Å². The number of aromatic nitrogens is 1. The Labute approximate surface area is 211 Å². The number of carbonyl (C=O) groups is 3. The number of carbonyl (C=O) groups excluding carboxylic acids is 3. The van der Waals surface area contributed by atoms with Crippen LogP contribution in [0.25, 0.3) is 10.9 Å². The van der Waals surface area contributed by atoms with E-state index in [9.17, 15) is 14.4 Å². The van der Waals surface area contributed by atoms with Crippen molar-refractivity contribution < 1.29 is 14.4 Å². The first kappa shape index (κ1) is 24.1. The van der Waals surface area contributed by atoms with E-state index in [1.807, 2.05) is 66.1 Å². The van der Waals surface area contributed by atoms with Crippen LogP contribution in [0.15, 0.2) is 54.6 Å². The molecule has 2 aromatic carbocycles. The Balaban J connectivity index is 1.60. The fourth-order valence-corrected chi connectivity index (χ4v) is 5.71. The van der Waals surface area contributed by atoms with Gasteiger partial charge in [-0.3, -0.25) is 14.4 Å². The van der Waals surface area contributed by atoms with Crippen LogP contribution in [0.3, 0.4) is 0 Å². The van der Waals surface area contributed by atoms with Crippen molar-refractivity contribution in [2.45, 2.75) is 77.0 Å². The third kappa shape index (κ3) is 4.38. The second kappa shape index (κ2) is 9.80. The Hall–Kier alpha value is -3.61. The summed E-state index contributed by atoms with van der Waals surface area (Å²) in [4.78, 5) is 42.0. The minimum absolute atomic E-state index is 0.122. The second-order valence-electron chi connectivity index (χ2n) is 10.3. The number of fused-ring (bicyclic) bond motifs is 3. The molecular weight excluding hydrogens is 452 g/mol. The first-order valence-corrected chi connectivity index (χ1v) is 12.9. The van der Waals surface area contributed by atoms with Gasteiger partial charge in [-0.05, 0) is 31.4 Å². The van der Waals surface area contributed by atoms with Crippen LogP contribution in [0.2, 0.25) is 0 Å². The summed E-state index contributed by atoms with van der Waals surface area (Å²) in [5, 5.41) is 7.00. The molecule has 2 heterocycles. The Kier molecular flexibility index (Phi) is 6.56. The highest BCUT2D eigenvalue weighted by Gasteiger charge is 2.49. The molecule has 0 radical (unpaired) electrons. The van der Waals surface area contributed by atoms with Gasteiger partial charge in [0.1, 0.15) is 11.2 Å². The van der Waals surface area contributed by atoms with Crippen LogP contribution >= 0.6 is 0 Å². The van der Waals surface area contributed by atoms with E-state index in [0.29, 0.717) is 24.5 Å². The number of nitrogens with zero attached hydrogens (tertiary/aromatic N) is 2. The van der Waals surface area contributed by atoms with E-state index in [-0.39, 0.29) is 23.8 Å². The third-order valence-corrected chi connectivity index (χ3v) is 7.64. The lowest BCUT2D eigenvalue weighted by Gasteiger charge is -2.45. The molecule has 2 N–H and O–H groups in total. The average Bonchev–Trinajstić information content (AvgIpc) is 3.00. The third-order valence-electron chi connectivity index (χ3n) is 7.64. The SMILES string of the molecule is CC(=O)Nc1c2n(c3ccccc13)CC(C)(C(=O)NC1CCCCCC1)N(Cc1ccccc1)C2=O. The number of benzene rings is 2. The number of hydrogen-bond donors (Lipinski definition) is 2. The average molecular weight is 487 g/mol. The molecule has 1 aliphatic carbocycles. The molecule has 7 nitrogen and oxygen atoms in total. The molecular formula is C29H34N4O3. The monoisotopic (exact) mass is 486 g/mol. The predicted octanol–water partition coefficient (Wildman–Crippen LogP) is 4.85. The lowest BCUT2D eigenvalue weighted by Crippen LogP contribution is -2.64. The zero-order valence-corrected chi connectivity index (χ0v) is 21.0. The van der Waals surface area contributed by atoms with E-state index in [1.54, 1.807) is 4.90 Å². The van der Waals surface area contributed by atoms with Gasteiger partial charge in [0.25, 0.3) is 5.91 Å². The van der Waals surface area contributed by atoms with Gasteiger partial charge < -0.3 is 20.1 Å². The molecule has 1 saturated carbocycles. The minimum atomic E-state index is -1.10. The van der Waals surface area contributed by atoms with Gasteiger partial charge in [0.2, 0.25) is 11.8 Å². The molecule has 3 amide bonds. The first-order valence-electron chi connectivity index (χ1n) is 12.9. The van der Waals surface area contributed by atoms with Gasteiger partial charge in [-0.2, -0.15) is 0 Å². The van der Waals surface area contributed by atoms with Crippen molar-refractivity contribution in [1.82, 2.24) is 14.8 Å². The Bertz CT molecular complexity index is 1290. The summed E-state index contributed by atoms with van der Waals surface area (Å²) >= 11 is 0. The number of amides is 3. The Morgan fingerprint density at radius 2 is 1.64 bits per heavy atom. The molecule has 2 aliphatic rings. The standard InChI is InChI=1S/C29H34N4O3/c1-20(34)30-25-23-16-10-11-17-24(23)32-19-29(2,28(36)31-22-14-8-3-4-9-15-22)33(27(35)26(25)32)18-21-12-6-5-7-13-21/h5-7,10-13,16-17,22H,3-4,8-9,14-15,18-19H2,1-2H3,(H,30,34)(H,31,36). The molecule has 0 saturated heterocycles. The number of anilines is 1. The highest BCUT2D eigenvalue weighted by Crippen LogP contribution is 2.39. The van der Waals surface area contributed by atoms with Crippen LogP contribution in [0, 0.1) is 0 Å². The molecule has 1 unspecified atom stereocenters. The Morgan fingerprint density at radius 3 is 2.33 bits per heavy atom. The molecule has 0 spiro atoms. The van der Waals surface area contributed by atoms with E-state index in [2.05, 4.69) is 10.6 Å². The summed E-state index contributed by atoms with van der Waals surface area (Å²) < 4.78 is 1.91. The number of rotatable bonds is 5. The summed E-state index contributed by atoms with van der Waals surface area (Å²) in [5.74, 6) is -0.622. The second-order valence-corrected chi connectivity index (χ2v) is 10.3. The normalized spacial score (nSPS) is 20.6. The molecule has 0 bridgehead atoms. The van der Waals surface area contributed by atoms with E-state index in [0.717, 1.165) is 42.1 Å². The summed E-state index contributed by atoms with van der Waals surface area (Å²) in [7, 11) is 0. The molecule has 3 aromatic rings. The van der Waals surface area contributed by atoms with Gasteiger partial charge in [-0.15, -0.1) is 0 Å². The quantitative estimate of drug-likeness (QED) is 0.506. The van der Waals surface area contributed by atoms with Crippen LogP contribution in [-0.4, -0.2) is 38.8 Å². The topological polar surface area (TPSA) is 83.4 Å². The van der Waals surface area contributed by atoms with Crippen LogP contribution in [0.5, 0.6) is 0 Å². The number of para-hydroxylation sites is 1. The molecule has 7 heteroatoms. The molecule has 1 aromatic heterocycles. The number of hydrogen-bond acceptors (Lipinski definition) is 3. The van der Waals surface area contributed by atoms with Crippen molar-refractivity contribution in [1.29, 1.82) is 0 Å². The van der Waals surface area contributed by atoms with Crippen molar-refractivity contribution in [3.63, 3.8) is 0 Å². The fourth-order valence-electron chi connectivity index (χ4n) is 5.71. The van der Waals surface area contributed by atoms with Gasteiger partial charge in [0.15, 0.2) is 0 Å². The zero-order chi connectivity index (χ0) is 25.3. The molecule has 1 fully saturated rings. The summed E-state index contributed by atoms with van der Waals surface area (Å²) in [6.07, 6.45) is 6.57. The summed E-state index contributed by atoms with van der Waals surface area (Å²) in [6, 6.07) is 17.5. The minimum Gasteiger partial charge on any atom is -0.351 e. The fraction of sp³-hybridized carbons (Fsp3) is 0.414. The van der Waals surface area contributed by atoms with Gasteiger partial charge in [-0.25, -0.2) is 0 Å². The lowest BCUT2D eigenvalue weighted by atomic mass is 9.92. The van der Waals surface area contributed by atoms with Gasteiger partial charge in [0, 0.05) is 24.9 Å². The van der Waals surface area contributed by atoms with Crippen LogP contribution < -0.4 is 10.6 Å². The van der Waals surface area contributed by atoms with Crippen LogP contribution in [0.4, 0.5) is 5.69 Å². The van der Waals surface area contributed by atoms with E-state index in [4.69, 9.17) is 0 Å². The van der Waals surface area contributed by atoms with Gasteiger partial charge in [-0.1, -0.05) is 74.2 Å². The maximum atomic E-state index is 14.2. The van der Waals surface area contributed by atoms with Gasteiger partial charge >= 0.3 is 0 Å². The smallest absolute Gasteiger partial charge is 0.273 e. The predicted molar refractivity (Wildman–Crippen MR) is 141 cm³/mol. The molecule has 1 aliphatic heterocycles. The summed E-state index contributed by atoms with van der Waals surface area (Å²) in [5.41, 5.74) is 1.61. The highest BCUT2D eigenvalue weighted by molar-refractivity contribution is 6.14. The molecule has 36 heavy (non-hydrogen) atoms. The Morgan fingerprint density at radius 1 is 0.972 bits per heavy atom.